The van der Waals surface area contributed by atoms with Gasteiger partial charge in [0.2, 0.25) is 5.95 Å². The molecule has 7 heteroatoms. The zero-order chi connectivity index (χ0) is 16.7. The number of carbonyl (C=O) groups is 1. The molecule has 0 saturated heterocycles. The van der Waals surface area contributed by atoms with Crippen molar-refractivity contribution in [2.75, 3.05) is 25.6 Å². The Kier molecular flexibility index (Phi) is 5.99. The van der Waals surface area contributed by atoms with E-state index in [0.29, 0.717) is 24.4 Å². The van der Waals surface area contributed by atoms with Gasteiger partial charge in [-0.15, -0.1) is 0 Å². The smallest absolute Gasteiger partial charge is 0.270 e. The first kappa shape index (κ1) is 16.8. The Labute approximate surface area is 134 Å². The summed E-state index contributed by atoms with van der Waals surface area (Å²) in [5.41, 5.74) is 1.40. The van der Waals surface area contributed by atoms with Gasteiger partial charge in [0, 0.05) is 31.5 Å². The van der Waals surface area contributed by atoms with E-state index in [0.717, 1.165) is 0 Å². The molecule has 0 fully saturated rings. The lowest BCUT2D eigenvalue weighted by atomic mass is 10.2. The highest BCUT2D eigenvalue weighted by Gasteiger charge is 2.10. The summed E-state index contributed by atoms with van der Waals surface area (Å²) in [6.45, 7) is 2.83. The van der Waals surface area contributed by atoms with Crippen LogP contribution in [0.1, 0.15) is 21.7 Å². The zero-order valence-corrected chi connectivity index (χ0v) is 13.1. The first-order chi connectivity index (χ1) is 11.1. The minimum absolute atomic E-state index is 0.237. The summed E-state index contributed by atoms with van der Waals surface area (Å²) in [4.78, 5) is 20.4. The number of rotatable bonds is 7. The first-order valence-corrected chi connectivity index (χ1v) is 7.20. The van der Waals surface area contributed by atoms with Gasteiger partial charge in [-0.25, -0.2) is 14.4 Å². The monoisotopic (exact) mass is 318 g/mol. The van der Waals surface area contributed by atoms with Crippen LogP contribution in [-0.4, -0.2) is 36.1 Å². The standard InChI is InChI=1S/C16H19FN4O2/c1-11-9-14(15(22)18-7-8-23-2)21-16(20-11)19-10-12-5-3-4-6-13(12)17/h3-6,9H,7-8,10H2,1-2H3,(H,18,22)(H,19,20,21). The number of carbonyl (C=O) groups excluding carboxylic acids is 1. The molecule has 23 heavy (non-hydrogen) atoms. The van der Waals surface area contributed by atoms with Gasteiger partial charge in [0.15, 0.2) is 0 Å². The molecule has 0 atom stereocenters. The number of ether oxygens (including phenoxy) is 1. The van der Waals surface area contributed by atoms with Gasteiger partial charge in [0.25, 0.3) is 5.91 Å². The fourth-order valence-electron chi connectivity index (χ4n) is 1.94. The highest BCUT2D eigenvalue weighted by atomic mass is 19.1. The van der Waals surface area contributed by atoms with E-state index in [2.05, 4.69) is 20.6 Å². The Balaban J connectivity index is 2.05. The number of hydrogen-bond donors (Lipinski definition) is 2. The van der Waals surface area contributed by atoms with E-state index in [4.69, 9.17) is 4.74 Å². The number of aryl methyl sites for hydroxylation is 1. The predicted octanol–water partition coefficient (Wildman–Crippen LogP) is 1.91. The summed E-state index contributed by atoms with van der Waals surface area (Å²) in [5.74, 6) is -0.322. The third kappa shape index (κ3) is 5.00. The number of anilines is 1. The normalized spacial score (nSPS) is 10.4. The van der Waals surface area contributed by atoms with Crippen LogP contribution in [0, 0.1) is 12.7 Å². The summed E-state index contributed by atoms with van der Waals surface area (Å²) in [6.07, 6.45) is 0. The molecule has 0 unspecified atom stereocenters. The molecule has 0 aliphatic rings. The van der Waals surface area contributed by atoms with Crippen molar-refractivity contribution in [3.05, 3.63) is 53.1 Å². The van der Waals surface area contributed by atoms with Gasteiger partial charge in [0.1, 0.15) is 11.5 Å². The number of methoxy groups -OCH3 is 1. The average Bonchev–Trinajstić information content (AvgIpc) is 2.54. The third-order valence-corrected chi connectivity index (χ3v) is 3.07. The highest BCUT2D eigenvalue weighted by Crippen LogP contribution is 2.10. The molecule has 1 aromatic carbocycles. The van der Waals surface area contributed by atoms with Gasteiger partial charge in [-0.3, -0.25) is 4.79 Å². The van der Waals surface area contributed by atoms with Crippen molar-refractivity contribution in [2.24, 2.45) is 0 Å². The van der Waals surface area contributed by atoms with E-state index in [9.17, 15) is 9.18 Å². The summed E-state index contributed by atoms with van der Waals surface area (Å²) in [6, 6.07) is 8.05. The molecular formula is C16H19FN4O2. The molecule has 0 radical (unpaired) electrons. The fourth-order valence-corrected chi connectivity index (χ4v) is 1.94. The van der Waals surface area contributed by atoms with Crippen LogP contribution in [0.3, 0.4) is 0 Å². The molecule has 2 rings (SSSR count). The summed E-state index contributed by atoms with van der Waals surface area (Å²) in [7, 11) is 1.56. The number of nitrogens with zero attached hydrogens (tertiary/aromatic N) is 2. The van der Waals surface area contributed by atoms with E-state index in [-0.39, 0.29) is 29.9 Å². The van der Waals surface area contributed by atoms with E-state index in [1.165, 1.54) is 6.07 Å². The van der Waals surface area contributed by atoms with Crippen LogP contribution < -0.4 is 10.6 Å². The van der Waals surface area contributed by atoms with E-state index in [1.807, 2.05) is 0 Å². The van der Waals surface area contributed by atoms with E-state index in [1.54, 1.807) is 38.3 Å². The largest absolute Gasteiger partial charge is 0.383 e. The second-order valence-electron chi connectivity index (χ2n) is 4.91. The average molecular weight is 318 g/mol. The second kappa shape index (κ2) is 8.19. The first-order valence-electron chi connectivity index (χ1n) is 7.20. The minimum Gasteiger partial charge on any atom is -0.383 e. The molecular weight excluding hydrogens is 299 g/mol. The topological polar surface area (TPSA) is 76.1 Å². The SMILES string of the molecule is COCCNC(=O)c1cc(C)nc(NCc2ccccc2F)n1. The Morgan fingerprint density at radius 1 is 1.30 bits per heavy atom. The van der Waals surface area contributed by atoms with Crippen LogP contribution >= 0.6 is 0 Å². The lowest BCUT2D eigenvalue weighted by Gasteiger charge is -2.09. The Bertz CT molecular complexity index is 679. The lowest BCUT2D eigenvalue weighted by molar-refractivity contribution is 0.0932. The van der Waals surface area contributed by atoms with Crippen molar-refractivity contribution in [3.63, 3.8) is 0 Å². The zero-order valence-electron chi connectivity index (χ0n) is 13.1. The minimum atomic E-state index is -0.304. The van der Waals surface area contributed by atoms with Crippen LogP contribution in [-0.2, 0) is 11.3 Å². The van der Waals surface area contributed by atoms with Crippen LogP contribution in [0.5, 0.6) is 0 Å². The number of amides is 1. The van der Waals surface area contributed by atoms with Crippen LogP contribution in [0.4, 0.5) is 10.3 Å². The summed E-state index contributed by atoms with van der Waals surface area (Å²) < 4.78 is 18.5. The molecule has 122 valence electrons. The summed E-state index contributed by atoms with van der Waals surface area (Å²) in [5, 5.41) is 5.63. The molecule has 0 spiro atoms. The molecule has 0 aliphatic heterocycles. The number of benzene rings is 1. The van der Waals surface area contributed by atoms with Crippen molar-refractivity contribution in [3.8, 4) is 0 Å². The Morgan fingerprint density at radius 2 is 2.09 bits per heavy atom. The molecule has 1 heterocycles. The van der Waals surface area contributed by atoms with Crippen molar-refractivity contribution < 1.29 is 13.9 Å². The van der Waals surface area contributed by atoms with Gasteiger partial charge in [-0.2, -0.15) is 0 Å². The van der Waals surface area contributed by atoms with Gasteiger partial charge in [-0.1, -0.05) is 18.2 Å². The van der Waals surface area contributed by atoms with Crippen molar-refractivity contribution >= 4 is 11.9 Å². The van der Waals surface area contributed by atoms with Crippen LogP contribution in [0.25, 0.3) is 0 Å². The maximum atomic E-state index is 13.6. The number of nitrogens with one attached hydrogen (secondary N) is 2. The lowest BCUT2D eigenvalue weighted by Crippen LogP contribution is -2.28. The number of aromatic nitrogens is 2. The molecule has 0 aliphatic carbocycles. The Hall–Kier alpha value is -2.54. The molecule has 2 N–H and O–H groups in total. The quantitative estimate of drug-likeness (QED) is 0.763. The summed E-state index contributed by atoms with van der Waals surface area (Å²) >= 11 is 0. The van der Waals surface area contributed by atoms with Gasteiger partial charge >= 0.3 is 0 Å². The van der Waals surface area contributed by atoms with Crippen molar-refractivity contribution in [1.29, 1.82) is 0 Å². The second-order valence-corrected chi connectivity index (χ2v) is 4.91. The maximum Gasteiger partial charge on any atom is 0.270 e. The molecule has 0 saturated carbocycles. The molecule has 1 aromatic heterocycles. The van der Waals surface area contributed by atoms with Gasteiger partial charge in [0.05, 0.1) is 6.61 Å². The number of hydrogen-bond acceptors (Lipinski definition) is 5. The third-order valence-electron chi connectivity index (χ3n) is 3.07. The van der Waals surface area contributed by atoms with E-state index >= 15 is 0 Å². The van der Waals surface area contributed by atoms with E-state index < -0.39 is 0 Å². The Morgan fingerprint density at radius 3 is 2.83 bits per heavy atom. The highest BCUT2D eigenvalue weighted by molar-refractivity contribution is 5.92. The van der Waals surface area contributed by atoms with Crippen molar-refractivity contribution in [1.82, 2.24) is 15.3 Å². The van der Waals surface area contributed by atoms with Crippen LogP contribution in [0.2, 0.25) is 0 Å². The number of halogens is 1. The maximum absolute atomic E-state index is 13.6. The predicted molar refractivity (Wildman–Crippen MR) is 84.7 cm³/mol. The van der Waals surface area contributed by atoms with Crippen LogP contribution in [0.15, 0.2) is 30.3 Å². The molecule has 2 aromatic rings. The molecule has 6 nitrogen and oxygen atoms in total. The fraction of sp³-hybridized carbons (Fsp3) is 0.312. The van der Waals surface area contributed by atoms with Gasteiger partial charge in [-0.05, 0) is 19.1 Å². The molecule has 0 bridgehead atoms. The van der Waals surface area contributed by atoms with Gasteiger partial charge < -0.3 is 15.4 Å². The van der Waals surface area contributed by atoms with Crippen molar-refractivity contribution in [2.45, 2.75) is 13.5 Å². The molecule has 1 amide bonds.